The summed E-state index contributed by atoms with van der Waals surface area (Å²) in [6, 6.07) is 69.3. The van der Waals surface area contributed by atoms with Crippen molar-refractivity contribution in [2.24, 2.45) is 0 Å². The average molecular weight is 1550 g/mol. The quantitative estimate of drug-likeness (QED) is 0.0366. The van der Waals surface area contributed by atoms with E-state index in [9.17, 15) is 40.3 Å². The molecule has 0 unspecified atom stereocenters. The van der Waals surface area contributed by atoms with Crippen molar-refractivity contribution in [1.82, 2.24) is 4.98 Å². The molecule has 0 saturated heterocycles. The third kappa shape index (κ3) is 15.5. The average Bonchev–Trinajstić information content (AvgIpc) is 0.845. The van der Waals surface area contributed by atoms with E-state index >= 15 is 31.1 Å². The Hall–Kier alpha value is -12.2. The van der Waals surface area contributed by atoms with Crippen LogP contribution in [0.25, 0.3) is 43.2 Å². The van der Waals surface area contributed by atoms with Gasteiger partial charge in [0, 0.05) is 54.8 Å². The van der Waals surface area contributed by atoms with Crippen LogP contribution in [0.1, 0.15) is 85.9 Å². The van der Waals surface area contributed by atoms with Crippen LogP contribution in [-0.4, -0.2) is 66.4 Å². The van der Waals surface area contributed by atoms with Gasteiger partial charge in [-0.05, 0) is 234 Å². The molecule has 14 rings (SSSR count). The van der Waals surface area contributed by atoms with E-state index in [1.165, 1.54) is 103 Å². The van der Waals surface area contributed by atoms with E-state index in [4.69, 9.17) is 19.2 Å². The summed E-state index contributed by atoms with van der Waals surface area (Å²) in [7, 11) is -9.82. The number of hydrogen-bond acceptors (Lipinski definition) is 14. The summed E-state index contributed by atoms with van der Waals surface area (Å²) in [6.07, 6.45) is -11.8. The fraction of sp³-hybridized carbons (Fsp3) is 0.0581. The number of halogens is 6. The van der Waals surface area contributed by atoms with Crippen LogP contribution in [0.15, 0.2) is 304 Å². The number of rotatable bonds is 22. The maximum atomic E-state index is 15.2. The number of ether oxygens (including phenoxy) is 3. The molecule has 0 aliphatic rings. The first kappa shape index (κ1) is 74.7. The fourth-order valence-corrected chi connectivity index (χ4v) is 16.1. The first-order chi connectivity index (χ1) is 52.4. The number of alkyl halides is 6. The Morgan fingerprint density at radius 2 is 0.827 bits per heavy atom. The molecule has 0 radical (unpaired) electrons. The highest BCUT2D eigenvalue weighted by atomic mass is 32.2. The zero-order chi connectivity index (χ0) is 77.6. The summed E-state index contributed by atoms with van der Waals surface area (Å²) < 4.78 is 179. The molecule has 0 spiro atoms. The Morgan fingerprint density at radius 1 is 0.409 bits per heavy atom. The van der Waals surface area contributed by atoms with Gasteiger partial charge in [0.05, 0.1) is 15.1 Å². The van der Waals surface area contributed by atoms with Crippen LogP contribution < -0.4 is 14.2 Å². The summed E-state index contributed by atoms with van der Waals surface area (Å²) in [5.74, 6) is -0.895. The van der Waals surface area contributed by atoms with Crippen molar-refractivity contribution in [2.45, 2.75) is 50.6 Å². The second kappa shape index (κ2) is 29.8. The summed E-state index contributed by atoms with van der Waals surface area (Å²) >= 11 is 3.01. The van der Waals surface area contributed by atoms with Crippen LogP contribution in [-0.2, 0) is 25.7 Å². The Balaban J connectivity index is 0.681. The normalized spacial score (nSPS) is 12.1. The van der Waals surface area contributed by atoms with Gasteiger partial charge in [0.2, 0.25) is 5.41 Å². The number of aryl methyl sites for hydroxylation is 2. The van der Waals surface area contributed by atoms with E-state index in [-0.39, 0.29) is 84.9 Å². The Kier molecular flexibility index (Phi) is 20.2. The minimum atomic E-state index is -5.89. The minimum absolute atomic E-state index is 0.00731. The molecule has 14 nitrogen and oxygen atoms in total. The van der Waals surface area contributed by atoms with Crippen LogP contribution in [0.3, 0.4) is 0 Å². The van der Waals surface area contributed by atoms with Gasteiger partial charge in [0.25, 0.3) is 20.2 Å². The largest absolute Gasteiger partial charge is 0.457 e. The zero-order valence-corrected chi connectivity index (χ0v) is 60.6. The lowest BCUT2D eigenvalue weighted by Crippen LogP contribution is -2.54. The number of hydrogen-bond donors (Lipinski definition) is 2. The van der Waals surface area contributed by atoms with Crippen molar-refractivity contribution < 1.29 is 85.7 Å². The maximum absolute atomic E-state index is 15.2. The number of benzene rings is 13. The minimum Gasteiger partial charge on any atom is -0.457 e. The van der Waals surface area contributed by atoms with E-state index in [2.05, 4.69) is 0 Å². The van der Waals surface area contributed by atoms with Gasteiger partial charge in [-0.15, -0.1) is 11.3 Å². The number of ketones is 4. The molecule has 0 aliphatic heterocycles. The highest BCUT2D eigenvalue weighted by molar-refractivity contribution is 8.01. The van der Waals surface area contributed by atoms with Crippen LogP contribution in [0.5, 0.6) is 34.5 Å². The molecule has 0 bridgehead atoms. The smallest absolute Gasteiger partial charge is 0.411 e. The number of nitrogens with zero attached hydrogens (tertiary/aromatic N) is 1. The predicted octanol–water partition coefficient (Wildman–Crippen LogP) is 21.8. The molecule has 2 N–H and O–H groups in total. The van der Waals surface area contributed by atoms with Crippen molar-refractivity contribution >= 4 is 87.5 Å². The summed E-state index contributed by atoms with van der Waals surface area (Å²) in [6.45, 7) is 3.65. The fourth-order valence-electron chi connectivity index (χ4n) is 12.7. The third-order valence-corrected chi connectivity index (χ3v) is 22.2. The summed E-state index contributed by atoms with van der Waals surface area (Å²) in [5.41, 5.74) is 0.480. The second-order valence-corrected chi connectivity index (χ2v) is 30.7. The van der Waals surface area contributed by atoms with Gasteiger partial charge in [0.15, 0.2) is 27.5 Å². The van der Waals surface area contributed by atoms with E-state index < -0.39 is 64.7 Å². The van der Waals surface area contributed by atoms with Crippen molar-refractivity contribution in [3.8, 4) is 56.8 Å². The highest BCUT2D eigenvalue weighted by Crippen LogP contribution is 2.57. The predicted molar refractivity (Wildman–Crippen MR) is 406 cm³/mol. The lowest BCUT2D eigenvalue weighted by Gasteiger charge is -2.38. The van der Waals surface area contributed by atoms with E-state index in [0.29, 0.717) is 80.4 Å². The van der Waals surface area contributed by atoms with Gasteiger partial charge in [-0.2, -0.15) is 43.2 Å². The molecule has 1 aromatic heterocycles. The van der Waals surface area contributed by atoms with Crippen LogP contribution in [0.2, 0.25) is 0 Å². The standard InChI is InChI=1S/C86H55F6NO13S4/c1-50-7-10-53(11-8-50)79(94)55-17-30-64(31-18-55)104-67-36-26-62(27-37-67)84(85(87,88)89,86(90,91)92)63-28-38-68(39-29-63)105-65-32-19-56(20-33-65)80(95)54-15-13-52(14-16-54)59-25-43-72(75(47-59)82(97)58-23-41-70(42-24-58)107-83-93-76-5-3-4-6-77(76)108-83)60-12-9-51(2)74(48-60)81(96)57-21-34-66(35-22-57)106-69-40-44-73-61(45-69)46-71(109(98,99)100)49-78(73)110(101,102)103/h3-49H,1-2H3,(H,98,99,100)(H,101,102,103). The molecule has 0 saturated carbocycles. The van der Waals surface area contributed by atoms with Crippen molar-refractivity contribution in [3.63, 3.8) is 0 Å². The number of aromatic nitrogens is 1. The number of carbonyl (C=O) groups excluding carboxylic acids is 4. The van der Waals surface area contributed by atoms with E-state index in [1.54, 1.807) is 109 Å². The lowest BCUT2D eigenvalue weighted by molar-refractivity contribution is -0.288. The number of thiazole rings is 1. The number of fused-ring (bicyclic) bond motifs is 2. The molecule has 0 aliphatic carbocycles. The van der Waals surface area contributed by atoms with Gasteiger partial charge in [-0.3, -0.25) is 28.3 Å². The van der Waals surface area contributed by atoms with Crippen molar-refractivity contribution in [1.29, 1.82) is 0 Å². The van der Waals surface area contributed by atoms with Gasteiger partial charge >= 0.3 is 12.4 Å². The molecule has 0 amide bonds. The molecule has 548 valence electrons. The monoisotopic (exact) mass is 1550 g/mol. The third-order valence-electron chi connectivity index (χ3n) is 18.4. The molecule has 24 heteroatoms. The van der Waals surface area contributed by atoms with Crippen molar-refractivity contribution in [3.05, 3.63) is 352 Å². The SMILES string of the molecule is Cc1ccc(C(=O)c2ccc(Oc3ccc(C(c4ccc(Oc5ccc(C(=O)c6ccc(-c7ccc(-c8ccc(C)c(C(=O)c9ccc(Oc%10ccc%11c(S(=O)(=O)O)cc(S(=O)(=O)O)cc%11c%10)cc9)c8)c(C(=O)c8ccc(Sc9nc%10ccccc%10s9)cc8)c7)cc6)cc5)cc4)(C(F)(F)F)C(F)(F)F)cc3)cc2)cc1. The maximum Gasteiger partial charge on any atom is 0.411 e. The van der Waals surface area contributed by atoms with Gasteiger partial charge < -0.3 is 14.2 Å². The summed E-state index contributed by atoms with van der Waals surface area (Å²) in [5, 5.41) is -0.0380. The Morgan fingerprint density at radius 3 is 1.32 bits per heavy atom. The molecule has 0 atom stereocenters. The molecule has 1 heterocycles. The van der Waals surface area contributed by atoms with Gasteiger partial charge in [-0.25, -0.2) is 4.98 Å². The van der Waals surface area contributed by atoms with Crippen LogP contribution >= 0.6 is 23.1 Å². The topological polar surface area (TPSA) is 218 Å². The highest BCUT2D eigenvalue weighted by Gasteiger charge is 2.72. The Bertz CT molecular complexity index is 6130. The second-order valence-electron chi connectivity index (χ2n) is 25.6. The Labute approximate surface area is 633 Å². The van der Waals surface area contributed by atoms with Crippen molar-refractivity contribution in [2.75, 3.05) is 0 Å². The number of para-hydroxylation sites is 1. The molecule has 13 aromatic carbocycles. The zero-order valence-electron chi connectivity index (χ0n) is 57.4. The first-order valence-electron chi connectivity index (χ1n) is 33.4. The summed E-state index contributed by atoms with van der Waals surface area (Å²) in [4.78, 5) is 60.6. The molecular weight excluding hydrogens is 1500 g/mol. The number of carbonyl (C=O) groups is 4. The molecule has 0 fully saturated rings. The molecule has 110 heavy (non-hydrogen) atoms. The van der Waals surface area contributed by atoms with Crippen LogP contribution in [0, 0.1) is 13.8 Å². The van der Waals surface area contributed by atoms with Gasteiger partial charge in [-0.1, -0.05) is 127 Å². The van der Waals surface area contributed by atoms with E-state index in [0.717, 1.165) is 55.3 Å². The first-order valence-corrected chi connectivity index (χ1v) is 37.9. The van der Waals surface area contributed by atoms with E-state index in [1.807, 2.05) is 49.4 Å². The molecular formula is C86H55F6NO13S4. The van der Waals surface area contributed by atoms with Gasteiger partial charge in [0.1, 0.15) is 39.4 Å². The molecule has 14 aromatic rings. The van der Waals surface area contributed by atoms with Crippen LogP contribution in [0.4, 0.5) is 26.3 Å². The lowest BCUT2D eigenvalue weighted by atomic mass is 9.73.